The fourth-order valence-corrected chi connectivity index (χ4v) is 2.80. The number of hydrogen-bond acceptors (Lipinski definition) is 4. The van der Waals surface area contributed by atoms with Gasteiger partial charge in [-0.2, -0.15) is 0 Å². The highest BCUT2D eigenvalue weighted by Gasteiger charge is 2.49. The highest BCUT2D eigenvalue weighted by atomic mass is 16.2. The molecule has 7 heteroatoms. The zero-order valence-corrected chi connectivity index (χ0v) is 12.0. The lowest BCUT2D eigenvalue weighted by atomic mass is 9.93. The molecule has 1 atom stereocenters. The van der Waals surface area contributed by atoms with E-state index >= 15 is 0 Å². The van der Waals surface area contributed by atoms with Crippen molar-refractivity contribution in [2.75, 3.05) is 19.6 Å². The molecule has 0 saturated carbocycles. The van der Waals surface area contributed by atoms with Gasteiger partial charge in [0, 0.05) is 19.1 Å². The van der Waals surface area contributed by atoms with Crippen molar-refractivity contribution in [3.63, 3.8) is 0 Å². The minimum atomic E-state index is -0.848. The number of imide groups is 1. The Morgan fingerprint density at radius 3 is 2.50 bits per heavy atom. The molecule has 20 heavy (non-hydrogen) atoms. The van der Waals surface area contributed by atoms with E-state index in [4.69, 9.17) is 5.73 Å². The summed E-state index contributed by atoms with van der Waals surface area (Å²) in [4.78, 5) is 39.1. The monoisotopic (exact) mass is 282 g/mol. The van der Waals surface area contributed by atoms with E-state index in [1.807, 2.05) is 13.8 Å². The van der Waals surface area contributed by atoms with Crippen molar-refractivity contribution in [1.29, 1.82) is 0 Å². The molecule has 2 saturated heterocycles. The lowest BCUT2D eigenvalue weighted by Crippen LogP contribution is -2.47. The van der Waals surface area contributed by atoms with Gasteiger partial charge < -0.3 is 16.0 Å². The molecule has 2 heterocycles. The van der Waals surface area contributed by atoms with Gasteiger partial charge in [-0.05, 0) is 19.3 Å². The molecule has 2 aliphatic heterocycles. The van der Waals surface area contributed by atoms with Crippen LogP contribution in [-0.2, 0) is 9.59 Å². The van der Waals surface area contributed by atoms with E-state index in [0.29, 0.717) is 25.9 Å². The molecule has 2 fully saturated rings. The molecule has 0 radical (unpaired) electrons. The predicted octanol–water partition coefficient (Wildman–Crippen LogP) is -0.343. The average Bonchev–Trinajstić information content (AvgIpc) is 2.96. The highest BCUT2D eigenvalue weighted by molar-refractivity contribution is 6.08. The van der Waals surface area contributed by atoms with Crippen LogP contribution in [0.25, 0.3) is 0 Å². The Morgan fingerprint density at radius 2 is 2.05 bits per heavy atom. The van der Waals surface area contributed by atoms with Crippen molar-refractivity contribution in [1.82, 2.24) is 15.1 Å². The van der Waals surface area contributed by atoms with Gasteiger partial charge in [0.05, 0.1) is 0 Å². The Bertz CT molecular complexity index is 433. The van der Waals surface area contributed by atoms with E-state index in [-0.39, 0.29) is 24.4 Å². The molecule has 4 amide bonds. The third-order valence-electron chi connectivity index (χ3n) is 4.32. The van der Waals surface area contributed by atoms with E-state index in [2.05, 4.69) is 5.32 Å². The molecule has 112 valence electrons. The quantitative estimate of drug-likeness (QED) is 0.689. The number of nitrogens with zero attached hydrogens (tertiary/aromatic N) is 2. The van der Waals surface area contributed by atoms with E-state index in [9.17, 15) is 14.4 Å². The fraction of sp³-hybridized carbons (Fsp3) is 0.769. The van der Waals surface area contributed by atoms with E-state index in [1.165, 1.54) is 0 Å². The van der Waals surface area contributed by atoms with Gasteiger partial charge in [-0.1, -0.05) is 13.8 Å². The van der Waals surface area contributed by atoms with Gasteiger partial charge in [-0.3, -0.25) is 14.5 Å². The molecule has 1 unspecified atom stereocenters. The van der Waals surface area contributed by atoms with Gasteiger partial charge in [0.15, 0.2) is 0 Å². The Hall–Kier alpha value is -1.63. The Kier molecular flexibility index (Phi) is 3.99. The van der Waals surface area contributed by atoms with Gasteiger partial charge in [-0.15, -0.1) is 0 Å². The number of rotatable bonds is 4. The summed E-state index contributed by atoms with van der Waals surface area (Å²) in [6.45, 7) is 4.60. The maximum atomic E-state index is 12.4. The number of likely N-dealkylation sites (tertiary alicyclic amines) is 1. The average molecular weight is 282 g/mol. The maximum absolute atomic E-state index is 12.4. The first-order chi connectivity index (χ1) is 9.43. The van der Waals surface area contributed by atoms with Crippen molar-refractivity contribution in [3.05, 3.63) is 0 Å². The van der Waals surface area contributed by atoms with Crippen LogP contribution in [-0.4, -0.2) is 58.9 Å². The van der Waals surface area contributed by atoms with E-state index < -0.39 is 11.6 Å². The standard InChI is InChI=1S/C13H22N4O3/c1-3-13(4-2)11(19)17(12(20)15-13)8-10(18)16-6-5-9(14)7-16/h9H,3-8,14H2,1-2H3,(H,15,20). The second-order valence-electron chi connectivity index (χ2n) is 5.50. The summed E-state index contributed by atoms with van der Waals surface area (Å²) in [5, 5.41) is 2.71. The van der Waals surface area contributed by atoms with Crippen molar-refractivity contribution in [3.8, 4) is 0 Å². The molecule has 0 aliphatic carbocycles. The van der Waals surface area contributed by atoms with Gasteiger partial charge in [0.1, 0.15) is 12.1 Å². The van der Waals surface area contributed by atoms with Gasteiger partial charge in [0.2, 0.25) is 5.91 Å². The van der Waals surface area contributed by atoms with Gasteiger partial charge in [0.25, 0.3) is 5.91 Å². The van der Waals surface area contributed by atoms with Gasteiger partial charge >= 0.3 is 6.03 Å². The molecule has 3 N–H and O–H groups in total. The summed E-state index contributed by atoms with van der Waals surface area (Å²) >= 11 is 0. The third-order valence-corrected chi connectivity index (χ3v) is 4.32. The molecule has 0 spiro atoms. The van der Waals surface area contributed by atoms with Crippen LogP contribution in [0.2, 0.25) is 0 Å². The summed E-state index contributed by atoms with van der Waals surface area (Å²) in [6, 6.07) is -0.483. The summed E-state index contributed by atoms with van der Waals surface area (Å²) in [5.74, 6) is -0.520. The number of carbonyl (C=O) groups excluding carboxylic acids is 3. The van der Waals surface area contributed by atoms with Crippen LogP contribution < -0.4 is 11.1 Å². The first-order valence-electron chi connectivity index (χ1n) is 7.11. The Balaban J connectivity index is 2.04. The van der Waals surface area contributed by atoms with Crippen molar-refractivity contribution >= 4 is 17.8 Å². The largest absolute Gasteiger partial charge is 0.340 e. The van der Waals surface area contributed by atoms with Crippen LogP contribution in [0.4, 0.5) is 4.79 Å². The molecule has 0 aromatic carbocycles. The minimum absolute atomic E-state index is 0.00701. The van der Waals surface area contributed by atoms with Crippen molar-refractivity contribution in [2.24, 2.45) is 5.73 Å². The third kappa shape index (κ3) is 2.37. The molecule has 2 rings (SSSR count). The van der Waals surface area contributed by atoms with Crippen LogP contribution >= 0.6 is 0 Å². The highest BCUT2D eigenvalue weighted by Crippen LogP contribution is 2.25. The first kappa shape index (κ1) is 14.8. The van der Waals surface area contributed by atoms with Crippen LogP contribution in [0.5, 0.6) is 0 Å². The number of hydrogen-bond donors (Lipinski definition) is 2. The van der Waals surface area contributed by atoms with Crippen LogP contribution in [0.15, 0.2) is 0 Å². The summed E-state index contributed by atoms with van der Waals surface area (Å²) in [7, 11) is 0. The number of nitrogens with two attached hydrogens (primary N) is 1. The predicted molar refractivity (Wildman–Crippen MR) is 72.7 cm³/mol. The molecule has 0 bridgehead atoms. The smallest absolute Gasteiger partial charge is 0.325 e. The van der Waals surface area contributed by atoms with E-state index in [1.54, 1.807) is 4.90 Å². The summed E-state index contributed by atoms with van der Waals surface area (Å²) in [6.07, 6.45) is 1.81. The van der Waals surface area contributed by atoms with Crippen molar-refractivity contribution < 1.29 is 14.4 Å². The number of urea groups is 1. The van der Waals surface area contributed by atoms with Crippen LogP contribution in [0.3, 0.4) is 0 Å². The zero-order valence-electron chi connectivity index (χ0n) is 12.0. The minimum Gasteiger partial charge on any atom is -0.340 e. The van der Waals surface area contributed by atoms with Crippen LogP contribution in [0, 0.1) is 0 Å². The molecular formula is C13H22N4O3. The molecule has 2 aliphatic rings. The molecule has 0 aromatic heterocycles. The molecule has 7 nitrogen and oxygen atoms in total. The summed E-state index contributed by atoms with van der Waals surface area (Å²) in [5.41, 5.74) is 4.91. The molecular weight excluding hydrogens is 260 g/mol. The lowest BCUT2D eigenvalue weighted by molar-refractivity contribution is -0.138. The summed E-state index contributed by atoms with van der Waals surface area (Å²) < 4.78 is 0. The maximum Gasteiger partial charge on any atom is 0.325 e. The Morgan fingerprint density at radius 1 is 1.40 bits per heavy atom. The van der Waals surface area contributed by atoms with E-state index in [0.717, 1.165) is 11.3 Å². The topological polar surface area (TPSA) is 95.7 Å². The fourth-order valence-electron chi connectivity index (χ4n) is 2.80. The lowest BCUT2D eigenvalue weighted by Gasteiger charge is -2.23. The first-order valence-corrected chi connectivity index (χ1v) is 7.11. The number of carbonyl (C=O) groups is 3. The number of nitrogens with one attached hydrogen (secondary N) is 1. The second-order valence-corrected chi connectivity index (χ2v) is 5.50. The normalized spacial score (nSPS) is 25.2. The molecule has 0 aromatic rings. The van der Waals surface area contributed by atoms with Crippen LogP contribution in [0.1, 0.15) is 33.1 Å². The SMILES string of the molecule is CCC1(CC)NC(=O)N(CC(=O)N2CCC(N)C2)C1=O. The second kappa shape index (κ2) is 5.40. The number of amides is 4. The van der Waals surface area contributed by atoms with Gasteiger partial charge in [-0.25, -0.2) is 4.79 Å². The van der Waals surface area contributed by atoms with Crippen molar-refractivity contribution in [2.45, 2.75) is 44.7 Å². The zero-order chi connectivity index (χ0) is 14.9. The Labute approximate surface area is 118 Å².